The van der Waals surface area contributed by atoms with Crippen LogP contribution in [0.15, 0.2) is 0 Å². The molecule has 0 aliphatic rings. The average Bonchev–Trinajstić information content (AvgIpc) is 1.61. The topological polar surface area (TPSA) is 0 Å². The van der Waals surface area contributed by atoms with Crippen molar-refractivity contribution in [3.63, 3.8) is 0 Å². The highest BCUT2D eigenvalue weighted by Crippen LogP contribution is 1.94. The van der Waals surface area contributed by atoms with Gasteiger partial charge in [0.25, 0.3) is 0 Å². The summed E-state index contributed by atoms with van der Waals surface area (Å²) in [6, 6.07) is 0. The maximum atomic E-state index is 4.78. The Kier molecular flexibility index (Phi) is 7.58. The molecule has 9 heavy (non-hydrogen) atoms. The van der Waals surface area contributed by atoms with Crippen LogP contribution in [-0.2, 0) is 0 Å². The molecule has 0 saturated carbocycles. The van der Waals surface area contributed by atoms with Crippen molar-refractivity contribution in [1.82, 2.24) is 0 Å². The standard InChI is InChI=1S/C4H12Si.C4H6/c1-5(2,3)4;1-3-4-2/h1-4H3;1H,4H2,2H3. The number of terminal acetylenes is 1. The summed E-state index contributed by atoms with van der Waals surface area (Å²) < 4.78 is 0. The maximum Gasteiger partial charge on any atom is 0.0411 e. The van der Waals surface area contributed by atoms with E-state index in [2.05, 4.69) is 32.1 Å². The van der Waals surface area contributed by atoms with Gasteiger partial charge < -0.3 is 0 Å². The lowest BCUT2D eigenvalue weighted by atomic mass is 10.5. The van der Waals surface area contributed by atoms with E-state index in [1.165, 1.54) is 0 Å². The van der Waals surface area contributed by atoms with Gasteiger partial charge in [-0.1, -0.05) is 33.1 Å². The predicted molar refractivity (Wildman–Crippen MR) is 48.3 cm³/mol. The number of rotatable bonds is 0. The quantitative estimate of drug-likeness (QED) is 0.360. The fourth-order valence-corrected chi connectivity index (χ4v) is 0. The molecule has 0 amide bonds. The highest BCUT2D eigenvalue weighted by atomic mass is 28.3. The van der Waals surface area contributed by atoms with Gasteiger partial charge >= 0.3 is 0 Å². The summed E-state index contributed by atoms with van der Waals surface area (Å²) in [5.74, 6) is 2.43. The van der Waals surface area contributed by atoms with E-state index >= 15 is 0 Å². The lowest BCUT2D eigenvalue weighted by molar-refractivity contribution is 1.28. The van der Waals surface area contributed by atoms with E-state index in [1.807, 2.05) is 6.92 Å². The Bertz CT molecular complexity index is 75.7. The van der Waals surface area contributed by atoms with Crippen LogP contribution >= 0.6 is 0 Å². The lowest BCUT2D eigenvalue weighted by Gasteiger charge is -2.01. The lowest BCUT2D eigenvalue weighted by Crippen LogP contribution is -2.10. The molecule has 0 radical (unpaired) electrons. The normalized spacial score (nSPS) is 8.89. The number of hydrogen-bond donors (Lipinski definition) is 0. The molecule has 0 aliphatic carbocycles. The van der Waals surface area contributed by atoms with Gasteiger partial charge in [0, 0.05) is 14.5 Å². The zero-order valence-corrected chi connectivity index (χ0v) is 8.28. The zero-order valence-electron chi connectivity index (χ0n) is 7.28. The molecule has 0 heterocycles. The molecule has 0 aromatic rings. The predicted octanol–water partition coefficient (Wildman–Crippen LogP) is 2.98. The highest BCUT2D eigenvalue weighted by Gasteiger charge is 1.99. The molecule has 0 N–H and O–H groups in total. The minimum atomic E-state index is -0.611. The molecule has 0 bridgehead atoms. The van der Waals surface area contributed by atoms with E-state index in [9.17, 15) is 0 Å². The fourth-order valence-electron chi connectivity index (χ4n) is 0. The molecular weight excluding hydrogens is 124 g/mol. The molecule has 0 aromatic heterocycles. The maximum absolute atomic E-state index is 4.78. The van der Waals surface area contributed by atoms with Crippen LogP contribution in [0.4, 0.5) is 0 Å². The van der Waals surface area contributed by atoms with Gasteiger partial charge in [-0.3, -0.25) is 0 Å². The van der Waals surface area contributed by atoms with Crippen LogP contribution in [0, 0.1) is 12.3 Å². The second kappa shape index (κ2) is 5.91. The Balaban J connectivity index is 0. The molecule has 0 unspecified atom stereocenters. The van der Waals surface area contributed by atoms with Crippen molar-refractivity contribution in [2.75, 3.05) is 0 Å². The molecule has 0 atom stereocenters. The third-order valence-corrected chi connectivity index (χ3v) is 0.204. The molecule has 0 aliphatic heterocycles. The largest absolute Gasteiger partial charge is 0.120 e. The minimum Gasteiger partial charge on any atom is -0.120 e. The van der Waals surface area contributed by atoms with Gasteiger partial charge in [-0.2, -0.15) is 0 Å². The Morgan fingerprint density at radius 1 is 1.22 bits per heavy atom. The molecule has 1 heteroatoms. The van der Waals surface area contributed by atoms with E-state index in [1.54, 1.807) is 0 Å². The van der Waals surface area contributed by atoms with Crippen LogP contribution < -0.4 is 0 Å². The van der Waals surface area contributed by atoms with Crippen molar-refractivity contribution >= 4 is 8.07 Å². The number of hydrogen-bond acceptors (Lipinski definition) is 0. The SMILES string of the molecule is C#CCC.C[Si](C)(C)C. The molecular formula is C8H18Si. The van der Waals surface area contributed by atoms with Crippen LogP contribution in [0.2, 0.25) is 26.2 Å². The summed E-state index contributed by atoms with van der Waals surface area (Å²) in [5, 5.41) is 0. The Hall–Kier alpha value is -0.223. The fraction of sp³-hybridized carbons (Fsp3) is 0.750. The third-order valence-electron chi connectivity index (χ3n) is 0.204. The van der Waals surface area contributed by atoms with E-state index in [0.717, 1.165) is 6.42 Å². The van der Waals surface area contributed by atoms with Gasteiger partial charge in [-0.05, 0) is 0 Å². The molecule has 0 aromatic carbocycles. The first kappa shape index (κ1) is 11.6. The van der Waals surface area contributed by atoms with Crippen LogP contribution in [-0.4, -0.2) is 8.07 Å². The molecule has 54 valence electrons. The minimum absolute atomic E-state index is 0.611. The average molecular weight is 142 g/mol. The second-order valence-electron chi connectivity index (χ2n) is 3.56. The van der Waals surface area contributed by atoms with Gasteiger partial charge in [-0.15, -0.1) is 12.3 Å². The molecule has 0 nitrogen and oxygen atoms in total. The van der Waals surface area contributed by atoms with Gasteiger partial charge in [0.1, 0.15) is 0 Å². The van der Waals surface area contributed by atoms with Crippen molar-refractivity contribution in [3.05, 3.63) is 0 Å². The van der Waals surface area contributed by atoms with Gasteiger partial charge in [0.05, 0.1) is 0 Å². The van der Waals surface area contributed by atoms with E-state index in [4.69, 9.17) is 6.42 Å². The van der Waals surface area contributed by atoms with Crippen molar-refractivity contribution in [1.29, 1.82) is 0 Å². The Labute approximate surface area is 60.7 Å². The highest BCUT2D eigenvalue weighted by molar-refractivity contribution is 6.74. The first-order valence-electron chi connectivity index (χ1n) is 3.35. The van der Waals surface area contributed by atoms with E-state index in [-0.39, 0.29) is 0 Å². The first-order chi connectivity index (χ1) is 3.91. The van der Waals surface area contributed by atoms with Gasteiger partial charge in [-0.25, -0.2) is 0 Å². The summed E-state index contributed by atoms with van der Waals surface area (Å²) in [7, 11) is -0.611. The monoisotopic (exact) mass is 142 g/mol. The molecule has 0 fully saturated rings. The van der Waals surface area contributed by atoms with Crippen LogP contribution in [0.25, 0.3) is 0 Å². The van der Waals surface area contributed by atoms with Gasteiger partial charge in [0.2, 0.25) is 0 Å². The van der Waals surface area contributed by atoms with Crippen molar-refractivity contribution in [2.24, 2.45) is 0 Å². The van der Waals surface area contributed by atoms with E-state index < -0.39 is 8.07 Å². The summed E-state index contributed by atoms with van der Waals surface area (Å²) in [4.78, 5) is 0. The summed E-state index contributed by atoms with van der Waals surface area (Å²) in [6.45, 7) is 11.2. The Morgan fingerprint density at radius 2 is 1.33 bits per heavy atom. The van der Waals surface area contributed by atoms with Crippen LogP contribution in [0.5, 0.6) is 0 Å². The second-order valence-corrected chi connectivity index (χ2v) is 9.56. The van der Waals surface area contributed by atoms with Crippen LogP contribution in [0.1, 0.15) is 13.3 Å². The van der Waals surface area contributed by atoms with Crippen molar-refractivity contribution in [3.8, 4) is 12.3 Å². The molecule has 0 saturated heterocycles. The summed E-state index contributed by atoms with van der Waals surface area (Å²) >= 11 is 0. The third kappa shape index (κ3) is 430. The van der Waals surface area contributed by atoms with Crippen molar-refractivity contribution in [2.45, 2.75) is 39.5 Å². The van der Waals surface area contributed by atoms with E-state index in [0.29, 0.717) is 0 Å². The van der Waals surface area contributed by atoms with Crippen molar-refractivity contribution < 1.29 is 0 Å². The molecule has 0 spiro atoms. The first-order valence-corrected chi connectivity index (χ1v) is 7.35. The zero-order chi connectivity index (χ0) is 7.91. The summed E-state index contributed by atoms with van der Waals surface area (Å²) in [6.07, 6.45) is 5.62. The van der Waals surface area contributed by atoms with Crippen LogP contribution in [0.3, 0.4) is 0 Å². The summed E-state index contributed by atoms with van der Waals surface area (Å²) in [5.41, 5.74) is 0. The van der Waals surface area contributed by atoms with Gasteiger partial charge in [0.15, 0.2) is 0 Å². The molecule has 0 rings (SSSR count). The smallest absolute Gasteiger partial charge is 0.0411 e. The Morgan fingerprint density at radius 3 is 1.33 bits per heavy atom.